The van der Waals surface area contributed by atoms with Crippen LogP contribution in [0.4, 0.5) is 5.82 Å². The largest absolute Gasteiger partial charge is 0.296 e. The van der Waals surface area contributed by atoms with Gasteiger partial charge in [-0.15, -0.1) is 5.10 Å². The van der Waals surface area contributed by atoms with Gasteiger partial charge in [0.2, 0.25) is 5.91 Å². The highest BCUT2D eigenvalue weighted by molar-refractivity contribution is 6.31. The van der Waals surface area contributed by atoms with Crippen LogP contribution in [0.25, 0.3) is 33.4 Å². The Bertz CT molecular complexity index is 1180. The van der Waals surface area contributed by atoms with E-state index in [0.29, 0.717) is 35.2 Å². The Balaban J connectivity index is 1.93. The molecule has 1 saturated heterocycles. The molecule has 8 heteroatoms. The average Bonchev–Trinajstić information content (AvgIpc) is 3.39. The van der Waals surface area contributed by atoms with Crippen molar-refractivity contribution < 1.29 is 4.79 Å². The van der Waals surface area contributed by atoms with Crippen molar-refractivity contribution in [3.63, 3.8) is 0 Å². The summed E-state index contributed by atoms with van der Waals surface area (Å²) in [5, 5.41) is 15.9. The molecular weight excluding hydrogens is 376 g/mol. The van der Waals surface area contributed by atoms with Gasteiger partial charge in [0, 0.05) is 28.9 Å². The van der Waals surface area contributed by atoms with E-state index in [-0.39, 0.29) is 5.91 Å². The molecule has 0 bridgehead atoms. The number of halogens is 1. The predicted molar refractivity (Wildman–Crippen MR) is 107 cm³/mol. The summed E-state index contributed by atoms with van der Waals surface area (Å²) in [5.74, 6) is 1.08. The molecule has 2 aromatic carbocycles. The van der Waals surface area contributed by atoms with Crippen molar-refractivity contribution in [3.8, 4) is 22.5 Å². The van der Waals surface area contributed by atoms with Gasteiger partial charge in [-0.3, -0.25) is 9.69 Å². The molecule has 1 fully saturated rings. The van der Waals surface area contributed by atoms with Crippen LogP contribution in [0.1, 0.15) is 12.8 Å². The predicted octanol–water partition coefficient (Wildman–Crippen LogP) is 3.86. The molecule has 0 radical (unpaired) electrons. The van der Waals surface area contributed by atoms with Crippen LogP contribution in [-0.4, -0.2) is 38.1 Å². The highest BCUT2D eigenvalue weighted by atomic mass is 35.5. The Morgan fingerprint density at radius 3 is 2.64 bits per heavy atom. The first-order chi connectivity index (χ1) is 13.7. The number of carbonyl (C=O) groups excluding carboxylic acids is 1. The Hall–Kier alpha value is -3.32. The minimum absolute atomic E-state index is 0.0496. The highest BCUT2D eigenvalue weighted by Crippen LogP contribution is 2.43. The normalized spacial score (nSPS) is 14.2. The fourth-order valence-electron chi connectivity index (χ4n) is 3.68. The molecule has 1 aliphatic rings. The summed E-state index contributed by atoms with van der Waals surface area (Å²) in [4.78, 5) is 19.1. The maximum Gasteiger partial charge on any atom is 0.228 e. The molecule has 4 aromatic rings. The molecule has 28 heavy (non-hydrogen) atoms. The summed E-state index contributed by atoms with van der Waals surface area (Å²) in [6.07, 6.45) is 1.31. The maximum atomic E-state index is 12.5. The lowest BCUT2D eigenvalue weighted by molar-refractivity contribution is -0.117. The molecule has 7 nitrogen and oxygen atoms in total. The summed E-state index contributed by atoms with van der Waals surface area (Å²) in [7, 11) is 0. The number of amides is 1. The van der Waals surface area contributed by atoms with E-state index in [2.05, 4.69) is 20.6 Å². The number of tetrazole rings is 1. The van der Waals surface area contributed by atoms with E-state index in [9.17, 15) is 4.79 Å². The first-order valence-corrected chi connectivity index (χ1v) is 9.33. The van der Waals surface area contributed by atoms with Gasteiger partial charge >= 0.3 is 0 Å². The summed E-state index contributed by atoms with van der Waals surface area (Å²) in [6.45, 7) is 0.619. The minimum Gasteiger partial charge on any atom is -0.296 e. The quantitative estimate of drug-likeness (QED) is 0.573. The average molecular weight is 391 g/mol. The Morgan fingerprint density at radius 2 is 1.93 bits per heavy atom. The number of hydrogen-bond donors (Lipinski definition) is 1. The van der Waals surface area contributed by atoms with E-state index in [1.54, 1.807) is 11.0 Å². The van der Waals surface area contributed by atoms with Crippen molar-refractivity contribution in [2.24, 2.45) is 0 Å². The zero-order chi connectivity index (χ0) is 19.1. The monoisotopic (exact) mass is 390 g/mol. The third kappa shape index (κ3) is 2.71. The molecule has 138 valence electrons. The molecule has 0 unspecified atom stereocenters. The smallest absolute Gasteiger partial charge is 0.228 e. The highest BCUT2D eigenvalue weighted by Gasteiger charge is 2.30. The first kappa shape index (κ1) is 16.8. The van der Waals surface area contributed by atoms with Crippen LogP contribution < -0.4 is 4.90 Å². The van der Waals surface area contributed by atoms with Crippen molar-refractivity contribution in [1.29, 1.82) is 0 Å². The van der Waals surface area contributed by atoms with Gasteiger partial charge in [0.05, 0.1) is 11.1 Å². The van der Waals surface area contributed by atoms with Crippen LogP contribution in [0.5, 0.6) is 0 Å². The fraction of sp³-hybridized carbons (Fsp3) is 0.150. The number of fused-ring (bicyclic) bond motifs is 1. The van der Waals surface area contributed by atoms with Crippen LogP contribution in [0.2, 0.25) is 5.02 Å². The molecule has 3 heterocycles. The number of nitrogens with one attached hydrogen (secondary N) is 1. The lowest BCUT2D eigenvalue weighted by Gasteiger charge is -2.22. The molecule has 1 N–H and O–H groups in total. The van der Waals surface area contributed by atoms with Gasteiger partial charge in [0.25, 0.3) is 0 Å². The lowest BCUT2D eigenvalue weighted by atomic mass is 9.95. The second-order valence-electron chi connectivity index (χ2n) is 6.61. The lowest BCUT2D eigenvalue weighted by Crippen LogP contribution is -2.26. The van der Waals surface area contributed by atoms with Crippen LogP contribution in [0.15, 0.2) is 48.5 Å². The van der Waals surface area contributed by atoms with Gasteiger partial charge in [-0.1, -0.05) is 41.9 Å². The Labute approximate surface area is 165 Å². The number of hydrogen-bond acceptors (Lipinski definition) is 5. The Morgan fingerprint density at radius 1 is 1.07 bits per heavy atom. The van der Waals surface area contributed by atoms with Crippen molar-refractivity contribution in [2.75, 3.05) is 11.4 Å². The van der Waals surface area contributed by atoms with E-state index < -0.39 is 0 Å². The van der Waals surface area contributed by atoms with Crippen LogP contribution in [0, 0.1) is 0 Å². The van der Waals surface area contributed by atoms with Gasteiger partial charge < -0.3 is 0 Å². The van der Waals surface area contributed by atoms with Crippen molar-refractivity contribution in [3.05, 3.63) is 53.6 Å². The second-order valence-corrected chi connectivity index (χ2v) is 7.05. The number of H-pyrrole nitrogens is 1. The van der Waals surface area contributed by atoms with Gasteiger partial charge in [-0.2, -0.15) is 0 Å². The van der Waals surface area contributed by atoms with Crippen molar-refractivity contribution in [2.45, 2.75) is 12.8 Å². The molecule has 0 saturated carbocycles. The number of anilines is 1. The van der Waals surface area contributed by atoms with E-state index in [1.165, 1.54) is 0 Å². The standard InChI is InChI=1S/C20H15ClN6O/c21-13-8-9-15-14(11-13)17(12-5-2-1-3-6-12)18(19-23-25-26-24-19)20(22-15)27-10-4-7-16(27)28/h1-3,5-6,8-9,11H,4,7,10H2,(H,23,24,25,26). The van der Waals surface area contributed by atoms with Crippen molar-refractivity contribution >= 4 is 34.2 Å². The van der Waals surface area contributed by atoms with Gasteiger partial charge in [-0.25, -0.2) is 10.1 Å². The number of aromatic nitrogens is 5. The van der Waals surface area contributed by atoms with E-state index in [4.69, 9.17) is 16.6 Å². The molecule has 2 aromatic heterocycles. The van der Waals surface area contributed by atoms with E-state index >= 15 is 0 Å². The molecule has 0 spiro atoms. The van der Waals surface area contributed by atoms with Crippen LogP contribution >= 0.6 is 11.6 Å². The zero-order valence-corrected chi connectivity index (χ0v) is 15.5. The van der Waals surface area contributed by atoms with E-state index in [0.717, 1.165) is 28.5 Å². The molecule has 0 atom stereocenters. The Kier molecular flexibility index (Phi) is 4.02. The summed E-state index contributed by atoms with van der Waals surface area (Å²) >= 11 is 6.30. The van der Waals surface area contributed by atoms with Crippen LogP contribution in [-0.2, 0) is 4.79 Å². The van der Waals surface area contributed by atoms with Gasteiger partial charge in [0.1, 0.15) is 5.82 Å². The summed E-state index contributed by atoms with van der Waals surface area (Å²) in [5.41, 5.74) is 3.31. The molecule has 5 rings (SSSR count). The summed E-state index contributed by atoms with van der Waals surface area (Å²) < 4.78 is 0. The van der Waals surface area contributed by atoms with Crippen molar-refractivity contribution in [1.82, 2.24) is 25.6 Å². The first-order valence-electron chi connectivity index (χ1n) is 8.95. The van der Waals surface area contributed by atoms with Gasteiger partial charge in [0.15, 0.2) is 5.82 Å². The minimum atomic E-state index is 0.0496. The third-order valence-corrected chi connectivity index (χ3v) is 5.14. The second kappa shape index (κ2) is 6.69. The molecule has 1 aliphatic heterocycles. The molecule has 0 aliphatic carbocycles. The number of carbonyl (C=O) groups is 1. The van der Waals surface area contributed by atoms with Gasteiger partial charge in [-0.05, 0) is 40.6 Å². The summed E-state index contributed by atoms with van der Waals surface area (Å²) in [6, 6.07) is 15.5. The number of benzene rings is 2. The number of aromatic amines is 1. The van der Waals surface area contributed by atoms with E-state index in [1.807, 2.05) is 42.5 Å². The SMILES string of the molecule is O=C1CCCN1c1nc2ccc(Cl)cc2c(-c2ccccc2)c1-c1nnn[nH]1. The third-order valence-electron chi connectivity index (χ3n) is 4.90. The molecule has 1 amide bonds. The number of rotatable bonds is 3. The van der Waals surface area contributed by atoms with Crippen LogP contribution in [0.3, 0.4) is 0 Å². The number of pyridine rings is 1. The fourth-order valence-corrected chi connectivity index (χ4v) is 3.86. The topological polar surface area (TPSA) is 87.7 Å². The number of nitrogens with zero attached hydrogens (tertiary/aromatic N) is 5. The maximum absolute atomic E-state index is 12.5. The zero-order valence-electron chi connectivity index (χ0n) is 14.8. The molecular formula is C20H15ClN6O.